The van der Waals surface area contributed by atoms with Gasteiger partial charge in [0.15, 0.2) is 6.04 Å². The highest BCUT2D eigenvalue weighted by Crippen LogP contribution is 2.28. The summed E-state index contributed by atoms with van der Waals surface area (Å²) < 4.78 is 16.5. The van der Waals surface area contributed by atoms with E-state index in [0.717, 1.165) is 5.56 Å². The fourth-order valence-corrected chi connectivity index (χ4v) is 4.71. The van der Waals surface area contributed by atoms with Crippen LogP contribution in [-0.2, 0) is 20.9 Å². The molecule has 9 heteroatoms. The number of hydrogen-bond acceptors (Lipinski definition) is 6. The molecule has 0 N–H and O–H groups in total. The molecule has 1 unspecified atom stereocenters. The number of halogens is 1. The van der Waals surface area contributed by atoms with Crippen LogP contribution in [0.15, 0.2) is 53.0 Å². The Bertz CT molecular complexity index is 1020. The van der Waals surface area contributed by atoms with Crippen molar-refractivity contribution in [2.75, 3.05) is 26.8 Å². The van der Waals surface area contributed by atoms with Crippen molar-refractivity contribution in [1.82, 2.24) is 9.80 Å². The molecule has 33 heavy (non-hydrogen) atoms. The number of benzene rings is 2. The second-order valence-corrected chi connectivity index (χ2v) is 8.82. The molecule has 0 bridgehead atoms. The Hall–Kier alpha value is -3.07. The fourth-order valence-electron chi connectivity index (χ4n) is 4.17. The zero-order valence-corrected chi connectivity index (χ0v) is 19.8. The molecule has 0 spiro atoms. The number of carbonyl (C=O) groups is 3. The molecule has 2 aliphatic rings. The minimum atomic E-state index is -0.772. The normalized spacial score (nSPS) is 18.7. The Morgan fingerprint density at radius 2 is 1.85 bits per heavy atom. The molecule has 0 aliphatic carbocycles. The van der Waals surface area contributed by atoms with Gasteiger partial charge in [0.25, 0.3) is 5.91 Å². The summed E-state index contributed by atoms with van der Waals surface area (Å²) in [5.74, 6) is 0.0916. The summed E-state index contributed by atoms with van der Waals surface area (Å²) in [6, 6.07) is 13.6. The summed E-state index contributed by atoms with van der Waals surface area (Å²) in [5.41, 5.74) is 1.43. The molecule has 2 aromatic carbocycles. The highest BCUT2D eigenvalue weighted by atomic mass is 79.9. The quantitative estimate of drug-likeness (QED) is 0.545. The van der Waals surface area contributed by atoms with Gasteiger partial charge in [-0.1, -0.05) is 30.3 Å². The third-order valence-corrected chi connectivity index (χ3v) is 6.57. The van der Waals surface area contributed by atoms with Crippen LogP contribution in [0.3, 0.4) is 0 Å². The SMILES string of the molecule is COc1ccc(C(=O)N2CCC(N3C(=O)OCC3C(=O)OCc3ccccc3)CC2)cc1Br. The lowest BCUT2D eigenvalue weighted by molar-refractivity contribution is -0.150. The smallest absolute Gasteiger partial charge is 0.410 e. The van der Waals surface area contributed by atoms with Crippen molar-refractivity contribution in [2.24, 2.45) is 0 Å². The Morgan fingerprint density at radius 3 is 2.52 bits per heavy atom. The molecule has 0 aromatic heterocycles. The number of methoxy groups -OCH3 is 1. The molecule has 2 aliphatic heterocycles. The van der Waals surface area contributed by atoms with E-state index in [9.17, 15) is 14.4 Å². The Balaban J connectivity index is 1.35. The number of rotatable bonds is 6. The summed E-state index contributed by atoms with van der Waals surface area (Å²) in [5, 5.41) is 0. The molecule has 2 aromatic rings. The van der Waals surface area contributed by atoms with Gasteiger partial charge in [-0.2, -0.15) is 0 Å². The zero-order valence-electron chi connectivity index (χ0n) is 18.2. The number of nitrogens with zero attached hydrogens (tertiary/aromatic N) is 2. The Labute approximate surface area is 200 Å². The van der Waals surface area contributed by atoms with Crippen LogP contribution in [0.5, 0.6) is 5.75 Å². The number of esters is 1. The van der Waals surface area contributed by atoms with Crippen molar-refractivity contribution >= 4 is 33.9 Å². The van der Waals surface area contributed by atoms with Crippen molar-refractivity contribution in [3.8, 4) is 5.75 Å². The highest BCUT2D eigenvalue weighted by Gasteiger charge is 2.44. The van der Waals surface area contributed by atoms with E-state index in [4.69, 9.17) is 14.2 Å². The Morgan fingerprint density at radius 1 is 1.12 bits per heavy atom. The lowest BCUT2D eigenvalue weighted by Gasteiger charge is -2.37. The van der Waals surface area contributed by atoms with Crippen LogP contribution in [-0.4, -0.2) is 66.7 Å². The Kier molecular flexibility index (Phi) is 7.17. The third kappa shape index (κ3) is 5.13. The molecule has 0 radical (unpaired) electrons. The van der Waals surface area contributed by atoms with E-state index < -0.39 is 18.1 Å². The molecular formula is C24H25BrN2O6. The molecule has 1 atom stereocenters. The van der Waals surface area contributed by atoms with E-state index in [1.54, 1.807) is 30.2 Å². The molecule has 2 amide bonds. The van der Waals surface area contributed by atoms with Gasteiger partial charge < -0.3 is 19.1 Å². The minimum Gasteiger partial charge on any atom is -0.496 e. The molecular weight excluding hydrogens is 492 g/mol. The van der Waals surface area contributed by atoms with Gasteiger partial charge >= 0.3 is 12.1 Å². The number of piperidine rings is 1. The first-order valence-corrected chi connectivity index (χ1v) is 11.6. The van der Waals surface area contributed by atoms with Gasteiger partial charge in [0.1, 0.15) is 19.0 Å². The van der Waals surface area contributed by atoms with Crippen LogP contribution in [0, 0.1) is 0 Å². The summed E-state index contributed by atoms with van der Waals surface area (Å²) in [6.45, 7) is 1.07. The minimum absolute atomic E-state index is 0.0223. The monoisotopic (exact) mass is 516 g/mol. The number of cyclic esters (lactones) is 1. The van der Waals surface area contributed by atoms with Crippen molar-refractivity contribution in [3.05, 3.63) is 64.1 Å². The molecule has 2 saturated heterocycles. The first-order chi connectivity index (χ1) is 16.0. The maximum Gasteiger partial charge on any atom is 0.410 e. The van der Waals surface area contributed by atoms with E-state index in [1.807, 2.05) is 30.3 Å². The van der Waals surface area contributed by atoms with Crippen LogP contribution in [0.25, 0.3) is 0 Å². The molecule has 4 rings (SSSR count). The molecule has 2 heterocycles. The number of hydrogen-bond donors (Lipinski definition) is 0. The maximum atomic E-state index is 12.9. The summed E-state index contributed by atoms with van der Waals surface area (Å²) >= 11 is 3.41. The predicted octanol–water partition coefficient (Wildman–Crippen LogP) is 3.63. The number of ether oxygens (including phenoxy) is 3. The summed E-state index contributed by atoms with van der Waals surface area (Å²) in [6.07, 6.45) is 0.599. The number of likely N-dealkylation sites (tertiary alicyclic amines) is 1. The lowest BCUT2D eigenvalue weighted by Crippen LogP contribution is -2.52. The molecule has 0 saturated carbocycles. The molecule has 174 valence electrons. The van der Waals surface area contributed by atoms with E-state index in [2.05, 4.69) is 15.9 Å². The third-order valence-electron chi connectivity index (χ3n) is 5.95. The van der Waals surface area contributed by atoms with Gasteiger partial charge in [-0.15, -0.1) is 0 Å². The van der Waals surface area contributed by atoms with E-state index in [0.29, 0.717) is 41.7 Å². The van der Waals surface area contributed by atoms with Crippen molar-refractivity contribution in [1.29, 1.82) is 0 Å². The van der Waals surface area contributed by atoms with E-state index in [1.165, 1.54) is 4.90 Å². The second-order valence-electron chi connectivity index (χ2n) is 7.97. The van der Waals surface area contributed by atoms with Crippen LogP contribution in [0.1, 0.15) is 28.8 Å². The maximum absolute atomic E-state index is 12.9. The standard InChI is InChI=1S/C24H25BrN2O6/c1-31-21-8-7-17(13-19(21)25)22(28)26-11-9-18(10-12-26)27-20(15-33-24(27)30)23(29)32-14-16-5-3-2-4-6-16/h2-8,13,18,20H,9-12,14-15H2,1H3. The first kappa shape index (κ1) is 23.1. The molecule has 8 nitrogen and oxygen atoms in total. The van der Waals surface area contributed by atoms with Crippen molar-refractivity contribution < 1.29 is 28.6 Å². The van der Waals surface area contributed by atoms with Gasteiger partial charge in [-0.3, -0.25) is 9.69 Å². The largest absolute Gasteiger partial charge is 0.496 e. The van der Waals surface area contributed by atoms with Crippen LogP contribution in [0.4, 0.5) is 4.79 Å². The highest BCUT2D eigenvalue weighted by molar-refractivity contribution is 9.10. The van der Waals surface area contributed by atoms with Gasteiger partial charge in [0, 0.05) is 24.7 Å². The number of amides is 2. The summed E-state index contributed by atoms with van der Waals surface area (Å²) in [7, 11) is 1.57. The molecule has 2 fully saturated rings. The van der Waals surface area contributed by atoms with Crippen LogP contribution >= 0.6 is 15.9 Å². The van der Waals surface area contributed by atoms with E-state index >= 15 is 0 Å². The van der Waals surface area contributed by atoms with Crippen molar-refractivity contribution in [3.63, 3.8) is 0 Å². The van der Waals surface area contributed by atoms with Gasteiger partial charge in [-0.05, 0) is 52.5 Å². The van der Waals surface area contributed by atoms with E-state index in [-0.39, 0.29) is 25.2 Å². The fraction of sp³-hybridized carbons (Fsp3) is 0.375. The predicted molar refractivity (Wildman–Crippen MR) is 123 cm³/mol. The first-order valence-electron chi connectivity index (χ1n) is 10.8. The topological polar surface area (TPSA) is 85.4 Å². The number of carbonyl (C=O) groups excluding carboxylic acids is 3. The van der Waals surface area contributed by atoms with Crippen molar-refractivity contribution in [2.45, 2.75) is 31.5 Å². The average Bonchev–Trinajstić information content (AvgIpc) is 3.24. The van der Waals surface area contributed by atoms with Crippen LogP contribution in [0.2, 0.25) is 0 Å². The van der Waals surface area contributed by atoms with Gasteiger partial charge in [0.2, 0.25) is 0 Å². The van der Waals surface area contributed by atoms with Gasteiger partial charge in [0.05, 0.1) is 11.6 Å². The lowest BCUT2D eigenvalue weighted by atomic mass is 10.0. The average molecular weight is 517 g/mol. The summed E-state index contributed by atoms with van der Waals surface area (Å²) in [4.78, 5) is 41.2. The second kappa shape index (κ2) is 10.2. The van der Waals surface area contributed by atoms with Crippen LogP contribution < -0.4 is 4.74 Å². The zero-order chi connectivity index (χ0) is 23.4. The van der Waals surface area contributed by atoms with Gasteiger partial charge in [-0.25, -0.2) is 9.59 Å².